The van der Waals surface area contributed by atoms with E-state index in [1.807, 2.05) is 0 Å². The third kappa shape index (κ3) is 17.9. The predicted octanol–water partition coefficient (Wildman–Crippen LogP) is 1.24. The number of carbonyl (C=O) groups is 1. The zero-order valence-electron chi connectivity index (χ0n) is 11.4. The molecule has 0 saturated carbocycles. The van der Waals surface area contributed by atoms with Crippen molar-refractivity contribution in [3.8, 4) is 0 Å². The van der Waals surface area contributed by atoms with Gasteiger partial charge in [-0.25, -0.2) is 4.79 Å². The van der Waals surface area contributed by atoms with Crippen molar-refractivity contribution in [3.63, 3.8) is 0 Å². The smallest absolute Gasteiger partial charge is 0.329 e. The SMILES string of the molecule is CC(C)CCOC(C)(C)CCN.O=C(O)CO. The van der Waals surface area contributed by atoms with Crippen LogP contribution in [0.2, 0.25) is 0 Å². The molecule has 0 heterocycles. The largest absolute Gasteiger partial charge is 0.480 e. The van der Waals surface area contributed by atoms with Crippen LogP contribution in [0.3, 0.4) is 0 Å². The van der Waals surface area contributed by atoms with Crippen LogP contribution in [0.5, 0.6) is 0 Å². The maximum absolute atomic E-state index is 9.12. The molecule has 4 N–H and O–H groups in total. The summed E-state index contributed by atoms with van der Waals surface area (Å²) in [5.74, 6) is -0.469. The first-order chi connectivity index (χ1) is 7.75. The molecule has 0 aromatic heterocycles. The fourth-order valence-corrected chi connectivity index (χ4v) is 0.991. The lowest BCUT2D eigenvalue weighted by Crippen LogP contribution is -2.28. The monoisotopic (exact) mass is 249 g/mol. The second kappa shape index (κ2) is 10.5. The highest BCUT2D eigenvalue weighted by atomic mass is 16.5. The number of aliphatic carboxylic acids is 1. The number of rotatable bonds is 7. The summed E-state index contributed by atoms with van der Waals surface area (Å²) in [6, 6.07) is 0. The van der Waals surface area contributed by atoms with Gasteiger partial charge in [-0.05, 0) is 39.2 Å². The number of aliphatic hydroxyl groups is 1. The Morgan fingerprint density at radius 3 is 2.18 bits per heavy atom. The molecule has 0 atom stereocenters. The number of carboxylic acids is 1. The van der Waals surface area contributed by atoms with Crippen LogP contribution in [-0.4, -0.2) is 41.5 Å². The predicted molar refractivity (Wildman–Crippen MR) is 67.9 cm³/mol. The number of nitrogens with two attached hydrogens (primary N) is 1. The first-order valence-electron chi connectivity index (χ1n) is 5.92. The van der Waals surface area contributed by atoms with E-state index in [4.69, 9.17) is 25.5 Å². The average Bonchev–Trinajstić information content (AvgIpc) is 2.17. The van der Waals surface area contributed by atoms with E-state index >= 15 is 0 Å². The average molecular weight is 249 g/mol. The van der Waals surface area contributed by atoms with Crippen molar-refractivity contribution in [1.82, 2.24) is 0 Å². The van der Waals surface area contributed by atoms with Gasteiger partial charge >= 0.3 is 5.97 Å². The normalized spacial score (nSPS) is 11.0. The lowest BCUT2D eigenvalue weighted by molar-refractivity contribution is -0.140. The van der Waals surface area contributed by atoms with Crippen LogP contribution >= 0.6 is 0 Å². The minimum Gasteiger partial charge on any atom is -0.480 e. The fraction of sp³-hybridized carbons (Fsp3) is 0.917. The van der Waals surface area contributed by atoms with E-state index in [2.05, 4.69) is 27.7 Å². The molecule has 5 heteroatoms. The molecule has 0 aromatic carbocycles. The van der Waals surface area contributed by atoms with Crippen molar-refractivity contribution in [2.45, 2.75) is 46.1 Å². The zero-order valence-corrected chi connectivity index (χ0v) is 11.4. The van der Waals surface area contributed by atoms with Crippen LogP contribution in [0, 0.1) is 5.92 Å². The molecular weight excluding hydrogens is 222 g/mol. The van der Waals surface area contributed by atoms with Crippen molar-refractivity contribution >= 4 is 5.97 Å². The molecule has 104 valence electrons. The van der Waals surface area contributed by atoms with E-state index in [0.29, 0.717) is 6.54 Å². The Morgan fingerprint density at radius 1 is 1.41 bits per heavy atom. The van der Waals surface area contributed by atoms with Crippen LogP contribution in [-0.2, 0) is 9.53 Å². The van der Waals surface area contributed by atoms with Crippen LogP contribution < -0.4 is 5.73 Å². The number of hydrogen-bond donors (Lipinski definition) is 3. The second-order valence-corrected chi connectivity index (χ2v) is 4.88. The van der Waals surface area contributed by atoms with Gasteiger partial charge in [0, 0.05) is 6.61 Å². The number of hydrogen-bond acceptors (Lipinski definition) is 4. The first kappa shape index (κ1) is 18.7. The maximum Gasteiger partial charge on any atom is 0.329 e. The topological polar surface area (TPSA) is 92.8 Å². The van der Waals surface area contributed by atoms with Crippen molar-refractivity contribution < 1.29 is 19.7 Å². The summed E-state index contributed by atoms with van der Waals surface area (Å²) in [6.07, 6.45) is 2.07. The molecule has 0 aliphatic carbocycles. The quantitative estimate of drug-likeness (QED) is 0.631. The summed E-state index contributed by atoms with van der Waals surface area (Å²) in [5, 5.41) is 15.0. The minimum atomic E-state index is -1.19. The number of aliphatic hydroxyl groups excluding tert-OH is 1. The van der Waals surface area contributed by atoms with E-state index in [-0.39, 0.29) is 5.60 Å². The number of carboxylic acid groups (broad SMARTS) is 1. The van der Waals surface area contributed by atoms with Crippen LogP contribution in [0.4, 0.5) is 0 Å². The molecule has 17 heavy (non-hydrogen) atoms. The van der Waals surface area contributed by atoms with Crippen molar-refractivity contribution in [2.75, 3.05) is 19.8 Å². The molecule has 0 amide bonds. The second-order valence-electron chi connectivity index (χ2n) is 4.88. The van der Waals surface area contributed by atoms with Gasteiger partial charge in [0.1, 0.15) is 6.61 Å². The highest BCUT2D eigenvalue weighted by Crippen LogP contribution is 2.14. The lowest BCUT2D eigenvalue weighted by atomic mass is 10.1. The van der Waals surface area contributed by atoms with Crippen molar-refractivity contribution in [1.29, 1.82) is 0 Å². The molecular formula is C12H27NO4. The van der Waals surface area contributed by atoms with Crippen molar-refractivity contribution in [3.05, 3.63) is 0 Å². The maximum atomic E-state index is 9.12. The molecule has 5 nitrogen and oxygen atoms in total. The molecule has 0 saturated heterocycles. The van der Waals surface area contributed by atoms with Gasteiger partial charge in [-0.1, -0.05) is 13.8 Å². The molecule has 0 bridgehead atoms. The summed E-state index contributed by atoms with van der Waals surface area (Å²) < 4.78 is 5.70. The minimum absolute atomic E-state index is 0.0381. The van der Waals surface area contributed by atoms with E-state index in [1.54, 1.807) is 0 Å². The highest BCUT2D eigenvalue weighted by Gasteiger charge is 2.16. The van der Waals surface area contributed by atoms with Gasteiger partial charge in [-0.15, -0.1) is 0 Å². The Balaban J connectivity index is 0. The van der Waals surface area contributed by atoms with Gasteiger partial charge in [0.15, 0.2) is 0 Å². The van der Waals surface area contributed by atoms with E-state index in [0.717, 1.165) is 25.4 Å². The van der Waals surface area contributed by atoms with Crippen LogP contribution in [0.25, 0.3) is 0 Å². The van der Waals surface area contributed by atoms with Crippen LogP contribution in [0.15, 0.2) is 0 Å². The first-order valence-corrected chi connectivity index (χ1v) is 5.92. The summed E-state index contributed by atoms with van der Waals surface area (Å²) >= 11 is 0. The van der Waals surface area contributed by atoms with E-state index in [9.17, 15) is 0 Å². The summed E-state index contributed by atoms with van der Waals surface area (Å²) in [6.45, 7) is 9.39. The van der Waals surface area contributed by atoms with E-state index < -0.39 is 12.6 Å². The van der Waals surface area contributed by atoms with Gasteiger partial charge in [0.25, 0.3) is 0 Å². The molecule has 0 aliphatic heterocycles. The Hall–Kier alpha value is -0.650. The molecule has 0 radical (unpaired) electrons. The van der Waals surface area contributed by atoms with Gasteiger partial charge in [-0.3, -0.25) is 0 Å². The molecule has 0 unspecified atom stereocenters. The summed E-state index contributed by atoms with van der Waals surface area (Å²) in [4.78, 5) is 9.12. The van der Waals surface area contributed by atoms with Crippen LogP contribution in [0.1, 0.15) is 40.5 Å². The van der Waals surface area contributed by atoms with E-state index in [1.165, 1.54) is 0 Å². The molecule has 0 fully saturated rings. The van der Waals surface area contributed by atoms with Gasteiger partial charge in [0.2, 0.25) is 0 Å². The Morgan fingerprint density at radius 2 is 1.88 bits per heavy atom. The Labute approximate surface area is 104 Å². The Bertz CT molecular complexity index is 193. The third-order valence-electron chi connectivity index (χ3n) is 2.07. The van der Waals surface area contributed by atoms with Gasteiger partial charge in [0.05, 0.1) is 5.60 Å². The number of ether oxygens (including phenoxy) is 1. The zero-order chi connectivity index (χ0) is 13.9. The molecule has 0 rings (SSSR count). The molecule has 0 aliphatic rings. The van der Waals surface area contributed by atoms with Crippen molar-refractivity contribution in [2.24, 2.45) is 11.7 Å². The standard InChI is InChI=1S/C10H23NO.C2H4O3/c1-9(2)5-8-12-10(3,4)6-7-11;3-1-2(4)5/h9H,5-8,11H2,1-4H3;3H,1H2,(H,4,5). The summed E-state index contributed by atoms with van der Waals surface area (Å²) in [7, 11) is 0. The lowest BCUT2D eigenvalue weighted by Gasteiger charge is -2.25. The molecule has 0 aromatic rings. The summed E-state index contributed by atoms with van der Waals surface area (Å²) in [5.41, 5.74) is 5.43. The highest BCUT2D eigenvalue weighted by molar-refractivity contribution is 5.67. The Kier molecular flexibility index (Phi) is 11.6. The molecule has 0 spiro atoms. The third-order valence-corrected chi connectivity index (χ3v) is 2.07. The fourth-order valence-electron chi connectivity index (χ4n) is 0.991. The van der Waals surface area contributed by atoms with Gasteiger partial charge < -0.3 is 20.7 Å². The van der Waals surface area contributed by atoms with Gasteiger partial charge in [-0.2, -0.15) is 0 Å².